The van der Waals surface area contributed by atoms with Gasteiger partial charge in [-0.25, -0.2) is 8.42 Å². The number of benzene rings is 3. The Morgan fingerprint density at radius 2 is 1.55 bits per heavy atom. The minimum Gasteiger partial charge on any atom is -0.352 e. The lowest BCUT2D eigenvalue weighted by atomic mass is 10.1. The van der Waals surface area contributed by atoms with Crippen molar-refractivity contribution in [2.45, 2.75) is 64.1 Å². The Hall–Kier alpha value is -2.49. The Kier molecular flexibility index (Phi) is 12.0. The Labute approximate surface area is 267 Å². The highest BCUT2D eigenvalue weighted by Crippen LogP contribution is 2.36. The summed E-state index contributed by atoms with van der Waals surface area (Å²) in [4.78, 5) is 28.9. The van der Waals surface area contributed by atoms with Crippen LogP contribution >= 0.6 is 46.4 Å². The molecule has 0 bridgehead atoms. The minimum absolute atomic E-state index is 0.0240. The van der Waals surface area contributed by atoms with Crippen LogP contribution < -0.4 is 9.62 Å². The minimum atomic E-state index is -4.30. The molecule has 0 heterocycles. The Balaban J connectivity index is 2.12. The molecule has 2 unspecified atom stereocenters. The normalized spacial score (nSPS) is 12.9. The Morgan fingerprint density at radius 3 is 2.14 bits per heavy atom. The molecule has 0 saturated heterocycles. The van der Waals surface area contributed by atoms with Gasteiger partial charge in [-0.15, -0.1) is 0 Å². The van der Waals surface area contributed by atoms with Crippen LogP contribution in [0.25, 0.3) is 0 Å². The van der Waals surface area contributed by atoms with Gasteiger partial charge in [0.25, 0.3) is 10.0 Å². The number of nitrogens with zero attached hydrogens (tertiary/aromatic N) is 2. The maximum atomic E-state index is 14.2. The van der Waals surface area contributed by atoms with Crippen molar-refractivity contribution in [1.82, 2.24) is 10.2 Å². The van der Waals surface area contributed by atoms with Gasteiger partial charge >= 0.3 is 0 Å². The van der Waals surface area contributed by atoms with Gasteiger partial charge in [-0.05, 0) is 68.7 Å². The standard InChI is InChI=1S/C30H33Cl4N3O4S/c1-5-20(4)35-30(39)26(6-2)36(17-21-12-15-23(31)25(33)16-21)28(38)18-37(27-9-7-8-24(32)29(27)34)42(40,41)22-13-10-19(3)11-14-22/h7-16,20,26H,5-6,17-18H2,1-4H3,(H,35,39). The third kappa shape index (κ3) is 8.11. The summed E-state index contributed by atoms with van der Waals surface area (Å²) in [6, 6.07) is 14.7. The van der Waals surface area contributed by atoms with E-state index in [0.717, 1.165) is 9.87 Å². The summed E-state index contributed by atoms with van der Waals surface area (Å²) in [6.07, 6.45) is 0.969. The fraction of sp³-hybridized carbons (Fsp3) is 0.333. The first-order valence-electron chi connectivity index (χ1n) is 13.4. The molecule has 3 aromatic carbocycles. The van der Waals surface area contributed by atoms with E-state index in [1.807, 2.05) is 20.8 Å². The summed E-state index contributed by atoms with van der Waals surface area (Å²) < 4.78 is 28.9. The second-order valence-corrected chi connectivity index (χ2v) is 13.4. The Bertz CT molecular complexity index is 1530. The van der Waals surface area contributed by atoms with Crippen LogP contribution in [-0.4, -0.2) is 43.8 Å². The number of rotatable bonds is 12. The van der Waals surface area contributed by atoms with E-state index < -0.39 is 28.5 Å². The van der Waals surface area contributed by atoms with E-state index in [1.165, 1.54) is 29.2 Å². The first-order chi connectivity index (χ1) is 19.8. The fourth-order valence-electron chi connectivity index (χ4n) is 4.23. The number of hydrogen-bond donors (Lipinski definition) is 1. The van der Waals surface area contributed by atoms with Crippen molar-refractivity contribution >= 4 is 73.9 Å². The van der Waals surface area contributed by atoms with Crippen LogP contribution in [0.1, 0.15) is 44.7 Å². The van der Waals surface area contributed by atoms with Gasteiger partial charge in [0.15, 0.2) is 0 Å². The molecule has 7 nitrogen and oxygen atoms in total. The molecule has 42 heavy (non-hydrogen) atoms. The van der Waals surface area contributed by atoms with E-state index in [9.17, 15) is 18.0 Å². The summed E-state index contributed by atoms with van der Waals surface area (Å²) >= 11 is 25.1. The largest absolute Gasteiger partial charge is 0.352 e. The van der Waals surface area contributed by atoms with E-state index in [1.54, 1.807) is 43.3 Å². The van der Waals surface area contributed by atoms with Crippen molar-refractivity contribution in [3.63, 3.8) is 0 Å². The molecule has 1 N–H and O–H groups in total. The lowest BCUT2D eigenvalue weighted by Gasteiger charge is -2.34. The van der Waals surface area contributed by atoms with E-state index in [2.05, 4.69) is 5.32 Å². The molecule has 0 aliphatic heterocycles. The maximum Gasteiger partial charge on any atom is 0.264 e. The predicted octanol–water partition coefficient (Wildman–Crippen LogP) is 7.53. The molecule has 2 amide bonds. The highest BCUT2D eigenvalue weighted by molar-refractivity contribution is 7.92. The van der Waals surface area contributed by atoms with Gasteiger partial charge in [0.1, 0.15) is 12.6 Å². The second kappa shape index (κ2) is 14.8. The smallest absolute Gasteiger partial charge is 0.264 e. The molecule has 3 aromatic rings. The molecule has 12 heteroatoms. The van der Waals surface area contributed by atoms with Gasteiger partial charge in [0, 0.05) is 12.6 Å². The van der Waals surface area contributed by atoms with Gasteiger partial charge in [-0.1, -0.05) is 90.1 Å². The summed E-state index contributed by atoms with van der Waals surface area (Å²) in [7, 11) is -4.30. The third-order valence-corrected chi connectivity index (χ3v) is 10.1. The van der Waals surface area contributed by atoms with E-state index in [4.69, 9.17) is 46.4 Å². The molecular weight excluding hydrogens is 640 g/mol. The number of sulfonamides is 1. The van der Waals surface area contributed by atoms with Crippen LogP contribution in [0.15, 0.2) is 65.6 Å². The highest BCUT2D eigenvalue weighted by Gasteiger charge is 2.35. The second-order valence-electron chi connectivity index (χ2n) is 9.91. The first kappa shape index (κ1) is 34.0. The monoisotopic (exact) mass is 671 g/mol. The van der Waals surface area contributed by atoms with Crippen molar-refractivity contribution < 1.29 is 18.0 Å². The van der Waals surface area contributed by atoms with Crippen molar-refractivity contribution in [1.29, 1.82) is 0 Å². The lowest BCUT2D eigenvalue weighted by molar-refractivity contribution is -0.140. The van der Waals surface area contributed by atoms with Crippen LogP contribution in [-0.2, 0) is 26.2 Å². The van der Waals surface area contributed by atoms with Crippen molar-refractivity contribution in [2.24, 2.45) is 0 Å². The van der Waals surface area contributed by atoms with Gasteiger partial charge in [-0.3, -0.25) is 13.9 Å². The van der Waals surface area contributed by atoms with Crippen LogP contribution in [0, 0.1) is 6.92 Å². The predicted molar refractivity (Wildman–Crippen MR) is 171 cm³/mol. The molecule has 0 spiro atoms. The molecule has 0 saturated carbocycles. The van der Waals surface area contributed by atoms with Crippen LogP contribution in [0.5, 0.6) is 0 Å². The summed E-state index contributed by atoms with van der Waals surface area (Å²) in [5, 5.41) is 3.65. The molecule has 3 rings (SSSR count). The van der Waals surface area contributed by atoms with Gasteiger partial charge in [0.05, 0.1) is 30.7 Å². The number of carbonyl (C=O) groups excluding carboxylic acids is 2. The molecule has 0 fully saturated rings. The molecule has 0 aromatic heterocycles. The number of hydrogen-bond acceptors (Lipinski definition) is 4. The van der Waals surface area contributed by atoms with Crippen molar-refractivity contribution in [3.05, 3.63) is 91.9 Å². The summed E-state index contributed by atoms with van der Waals surface area (Å²) in [5.41, 5.74) is 1.51. The van der Waals surface area contributed by atoms with Crippen LogP contribution in [0.4, 0.5) is 5.69 Å². The average molecular weight is 673 g/mol. The SMILES string of the molecule is CCC(C)NC(=O)C(CC)N(Cc1ccc(Cl)c(Cl)c1)C(=O)CN(c1cccc(Cl)c1Cl)S(=O)(=O)c1ccc(C)cc1. The lowest BCUT2D eigenvalue weighted by Crippen LogP contribution is -2.53. The van der Waals surface area contributed by atoms with Crippen LogP contribution in [0.3, 0.4) is 0 Å². The van der Waals surface area contributed by atoms with Gasteiger partial charge in [-0.2, -0.15) is 0 Å². The number of carbonyl (C=O) groups is 2. The molecular formula is C30H33Cl4N3O4S. The highest BCUT2D eigenvalue weighted by atomic mass is 35.5. The van der Waals surface area contributed by atoms with Crippen molar-refractivity contribution in [3.8, 4) is 0 Å². The molecule has 0 aliphatic carbocycles. The zero-order valence-corrected chi connectivity index (χ0v) is 27.5. The quantitative estimate of drug-likeness (QED) is 0.216. The summed E-state index contributed by atoms with van der Waals surface area (Å²) in [5.74, 6) is -0.979. The number of amides is 2. The Morgan fingerprint density at radius 1 is 0.881 bits per heavy atom. The third-order valence-electron chi connectivity index (χ3n) is 6.81. The number of nitrogens with one attached hydrogen (secondary N) is 1. The fourth-order valence-corrected chi connectivity index (χ4v) is 6.43. The number of anilines is 1. The van der Waals surface area contributed by atoms with Gasteiger partial charge in [0.2, 0.25) is 11.8 Å². The maximum absolute atomic E-state index is 14.2. The van der Waals surface area contributed by atoms with E-state index in [0.29, 0.717) is 17.0 Å². The molecule has 0 aliphatic rings. The zero-order valence-electron chi connectivity index (χ0n) is 23.7. The van der Waals surface area contributed by atoms with E-state index in [-0.39, 0.29) is 50.6 Å². The number of halogens is 4. The van der Waals surface area contributed by atoms with E-state index >= 15 is 0 Å². The number of aryl methyl sites for hydroxylation is 1. The molecule has 2 atom stereocenters. The van der Waals surface area contributed by atoms with Crippen molar-refractivity contribution in [2.75, 3.05) is 10.8 Å². The van der Waals surface area contributed by atoms with Gasteiger partial charge < -0.3 is 10.2 Å². The average Bonchev–Trinajstić information content (AvgIpc) is 2.95. The first-order valence-corrected chi connectivity index (χ1v) is 16.3. The van der Waals surface area contributed by atoms with Crippen LogP contribution in [0.2, 0.25) is 20.1 Å². The molecule has 0 radical (unpaired) electrons. The summed E-state index contributed by atoms with van der Waals surface area (Å²) in [6.45, 7) is 6.75. The molecule has 226 valence electrons. The zero-order chi connectivity index (χ0) is 31.2. The topological polar surface area (TPSA) is 86.8 Å².